The number of carbonyl (C=O) groups excluding carboxylic acids is 6. The highest BCUT2D eigenvalue weighted by Gasteiger charge is 2.62. The number of aliphatic hydroxyl groups is 2. The van der Waals surface area contributed by atoms with E-state index in [4.69, 9.17) is 24.8 Å². The van der Waals surface area contributed by atoms with Crippen LogP contribution in [0.25, 0.3) is 6.08 Å². The normalized spacial score (nSPS) is 15.2. The van der Waals surface area contributed by atoms with E-state index in [2.05, 4.69) is 99.3 Å². The predicted molar refractivity (Wildman–Crippen MR) is 292 cm³/mol. The van der Waals surface area contributed by atoms with Gasteiger partial charge in [0.25, 0.3) is 0 Å². The maximum absolute atomic E-state index is 11.6. The zero-order chi connectivity index (χ0) is 58.3. The third kappa shape index (κ3) is 39.9. The van der Waals surface area contributed by atoms with Gasteiger partial charge in [0.1, 0.15) is 12.7 Å². The van der Waals surface area contributed by atoms with Crippen molar-refractivity contribution in [3.05, 3.63) is 129 Å². The molecule has 1 aromatic rings. The Kier molecular flexibility index (Phi) is 48.8. The van der Waals surface area contributed by atoms with Crippen molar-refractivity contribution >= 4 is 47.9 Å². The standard InChI is InChI=1S/C14H22O2.C8H14O2.C8H8.C7H12O3.C7H12O2.C6H10O3.C5H8O2.C3H4O2/c1-9(2)12(15)16-11-8-10-6-7-14(11,5)13(10,3)4;1-4-5-6-10-8(9)7(2)3;1-2-8-6-4-3-5-7-8;1-2-7(9)10-6-4-3-5-8;1-3-5-6-9-7(8)4-2;1-5(2)6(8)9-4-3-7;1-4(2)5(6)7-3;1-2-3(4)5/h10-11H,1,6-8H2,2-5H3;2,4-6H2,1,3H3;2-7H,1H2;2,8H,1,3-6H2;4H,2-3,5-6H2,1H3;7H,1,3-4H2,2H3;1H2,2-3H3;2H,1H2,(H,4,5)/t10-,11-,14+;;;;;;;/m0......./s1. The van der Waals surface area contributed by atoms with Crippen molar-refractivity contribution in [1.29, 1.82) is 0 Å². The molecule has 16 nitrogen and oxygen atoms in total. The largest absolute Gasteiger partial charge is 0.478 e. The number of hydrogen-bond donors (Lipinski definition) is 3. The first-order chi connectivity index (χ1) is 34.6. The van der Waals surface area contributed by atoms with Gasteiger partial charge in [-0.2, -0.15) is 0 Å². The lowest BCUT2D eigenvalue weighted by Gasteiger charge is -2.38. The molecule has 3 N–H and O–H groups in total. The number of methoxy groups -OCH3 is 1. The molecule has 0 saturated heterocycles. The fraction of sp³-hybridized carbons (Fsp3) is 0.500. The molecule has 2 bridgehead atoms. The molecule has 0 radical (unpaired) electrons. The molecular weight excluding hydrogens is 953 g/mol. The van der Waals surface area contributed by atoms with E-state index in [9.17, 15) is 33.6 Å². The summed E-state index contributed by atoms with van der Waals surface area (Å²) in [6.45, 7) is 45.9. The van der Waals surface area contributed by atoms with E-state index < -0.39 is 17.9 Å². The van der Waals surface area contributed by atoms with E-state index in [1.54, 1.807) is 27.7 Å². The number of aliphatic carboxylic acids is 1. The monoisotopic (exact) mass is 1040 g/mol. The molecule has 0 unspecified atom stereocenters. The van der Waals surface area contributed by atoms with Gasteiger partial charge in [0.15, 0.2) is 0 Å². The summed E-state index contributed by atoms with van der Waals surface area (Å²) in [5.74, 6) is -2.32. The SMILES string of the molecule is C=C(C)C(=O)OC.C=C(C)C(=O)OCCCC.C=C(C)C(=O)OCCO.C=C(C)C(=O)O[C@H]1C[C@@H]2CC[C@@]1(C)C2(C)C.C=CC(=O)O.C=CC(=O)OCCCC.C=CC(=O)OCCCCO.C=Cc1ccccc1. The van der Waals surface area contributed by atoms with E-state index >= 15 is 0 Å². The fourth-order valence-electron chi connectivity index (χ4n) is 5.82. The second kappa shape index (κ2) is 47.4. The van der Waals surface area contributed by atoms with Crippen LogP contribution in [0.1, 0.15) is 126 Å². The average molecular weight is 1040 g/mol. The first-order valence-corrected chi connectivity index (χ1v) is 24.2. The smallest absolute Gasteiger partial charge is 0.333 e. The number of carboxylic acid groups (broad SMARTS) is 1. The van der Waals surface area contributed by atoms with Crippen LogP contribution in [-0.4, -0.2) is 110 Å². The summed E-state index contributed by atoms with van der Waals surface area (Å²) in [5.41, 5.74) is 3.38. The Hall–Kier alpha value is -6.65. The number of unbranched alkanes of at least 4 members (excludes halogenated alkanes) is 3. The fourth-order valence-corrected chi connectivity index (χ4v) is 5.82. The number of rotatable bonds is 21. The Morgan fingerprint density at radius 3 is 1.31 bits per heavy atom. The van der Waals surface area contributed by atoms with E-state index in [1.807, 2.05) is 43.3 Å². The van der Waals surface area contributed by atoms with Gasteiger partial charge in [-0.3, -0.25) is 0 Å². The van der Waals surface area contributed by atoms with Crippen molar-refractivity contribution in [3.63, 3.8) is 0 Å². The summed E-state index contributed by atoms with van der Waals surface area (Å²) in [5, 5.41) is 24.1. The van der Waals surface area contributed by atoms with Crippen molar-refractivity contribution < 1.29 is 77.3 Å². The molecule has 2 saturated carbocycles. The van der Waals surface area contributed by atoms with E-state index in [0.29, 0.717) is 66.3 Å². The summed E-state index contributed by atoms with van der Waals surface area (Å²) >= 11 is 0. The van der Waals surface area contributed by atoms with Crippen LogP contribution < -0.4 is 0 Å². The molecule has 0 amide bonds. The molecule has 0 spiro atoms. The maximum Gasteiger partial charge on any atom is 0.333 e. The van der Waals surface area contributed by atoms with Crippen LogP contribution in [0, 0.1) is 16.7 Å². The molecule has 0 aromatic heterocycles. The Morgan fingerprint density at radius 1 is 0.608 bits per heavy atom. The summed E-state index contributed by atoms with van der Waals surface area (Å²) in [7, 11) is 1.33. The molecule has 3 atom stereocenters. The molecule has 3 rings (SSSR count). The van der Waals surface area contributed by atoms with Gasteiger partial charge in [0.05, 0.1) is 33.5 Å². The minimum absolute atomic E-state index is 0.0473. The average Bonchev–Trinajstić information content (AvgIpc) is 3.71. The summed E-state index contributed by atoms with van der Waals surface area (Å²) in [6.07, 6.45) is 13.9. The quantitative estimate of drug-likeness (QED) is 0.0449. The summed E-state index contributed by atoms with van der Waals surface area (Å²) < 4.78 is 28.4. The number of aliphatic hydroxyl groups excluding tert-OH is 2. The highest BCUT2D eigenvalue weighted by atomic mass is 16.6. The molecule has 2 aliphatic rings. The number of hydrogen-bond acceptors (Lipinski definition) is 15. The summed E-state index contributed by atoms with van der Waals surface area (Å²) in [6, 6.07) is 10.0. The first kappa shape index (κ1) is 76.3. The van der Waals surface area contributed by atoms with E-state index in [-0.39, 0.29) is 55.2 Å². The van der Waals surface area contributed by atoms with Gasteiger partial charge in [-0.1, -0.05) is 136 Å². The Morgan fingerprint density at radius 2 is 1.03 bits per heavy atom. The van der Waals surface area contributed by atoms with E-state index in [0.717, 1.165) is 44.3 Å². The number of benzene rings is 1. The number of carboxylic acids is 1. The molecule has 2 fully saturated rings. The third-order valence-corrected chi connectivity index (χ3v) is 10.7. The zero-order valence-corrected chi connectivity index (χ0v) is 46.3. The number of ether oxygens (including phenoxy) is 6. The second-order valence-electron chi connectivity index (χ2n) is 17.2. The summed E-state index contributed by atoms with van der Waals surface area (Å²) in [4.78, 5) is 72.9. The highest BCUT2D eigenvalue weighted by Crippen LogP contribution is 2.66. The molecular formula is C58H90O16. The van der Waals surface area contributed by atoms with Crippen molar-refractivity contribution in [1.82, 2.24) is 0 Å². The van der Waals surface area contributed by atoms with Crippen LogP contribution in [0.15, 0.2) is 123 Å². The van der Waals surface area contributed by atoms with Crippen LogP contribution in [0.2, 0.25) is 0 Å². The van der Waals surface area contributed by atoms with Crippen molar-refractivity contribution in [2.45, 2.75) is 126 Å². The van der Waals surface area contributed by atoms with Crippen molar-refractivity contribution in [3.8, 4) is 0 Å². The Bertz CT molecular complexity index is 1890. The maximum atomic E-state index is 11.6. The Labute approximate surface area is 442 Å². The molecule has 418 valence electrons. The zero-order valence-electron chi connectivity index (χ0n) is 46.3. The molecule has 0 heterocycles. The van der Waals surface area contributed by atoms with Gasteiger partial charge in [0.2, 0.25) is 0 Å². The lowest BCUT2D eigenvalue weighted by molar-refractivity contribution is -0.152. The predicted octanol–water partition coefficient (Wildman–Crippen LogP) is 10.7. The van der Waals surface area contributed by atoms with Crippen LogP contribution in [-0.2, 0) is 62.0 Å². The second-order valence-corrected chi connectivity index (χ2v) is 17.2. The number of fused-ring (bicyclic) bond motifs is 2. The van der Waals surface area contributed by atoms with Gasteiger partial charge in [-0.25, -0.2) is 33.6 Å². The van der Waals surface area contributed by atoms with Crippen LogP contribution in [0.5, 0.6) is 0 Å². The van der Waals surface area contributed by atoms with Gasteiger partial charge >= 0.3 is 41.8 Å². The van der Waals surface area contributed by atoms with Gasteiger partial charge < -0.3 is 43.7 Å². The van der Waals surface area contributed by atoms with Gasteiger partial charge in [-0.05, 0) is 89.5 Å². The highest BCUT2D eigenvalue weighted by molar-refractivity contribution is 5.88. The molecule has 2 aliphatic carbocycles. The van der Waals surface area contributed by atoms with Crippen LogP contribution in [0.4, 0.5) is 0 Å². The minimum atomic E-state index is -0.981. The van der Waals surface area contributed by atoms with Gasteiger partial charge in [-0.15, -0.1) is 0 Å². The van der Waals surface area contributed by atoms with Gasteiger partial charge in [0, 0.05) is 52.5 Å². The van der Waals surface area contributed by atoms with E-state index in [1.165, 1.54) is 31.6 Å². The number of esters is 6. The van der Waals surface area contributed by atoms with Crippen molar-refractivity contribution in [2.24, 2.45) is 16.7 Å². The third-order valence-electron chi connectivity index (χ3n) is 10.7. The molecule has 74 heavy (non-hydrogen) atoms. The lowest BCUT2D eigenvalue weighted by atomic mass is 9.70. The molecule has 1 aromatic carbocycles. The Balaban J connectivity index is -0.000000251. The van der Waals surface area contributed by atoms with Crippen LogP contribution in [0.3, 0.4) is 0 Å². The molecule has 16 heteroatoms. The molecule has 0 aliphatic heterocycles. The topological polar surface area (TPSA) is 236 Å². The lowest BCUT2D eigenvalue weighted by Crippen LogP contribution is -2.38. The minimum Gasteiger partial charge on any atom is -0.478 e. The van der Waals surface area contributed by atoms with Crippen LogP contribution >= 0.6 is 0 Å². The number of carbonyl (C=O) groups is 7. The first-order valence-electron chi connectivity index (χ1n) is 24.2. The van der Waals surface area contributed by atoms with Crippen molar-refractivity contribution in [2.75, 3.05) is 46.8 Å².